The molecule has 1 amide bonds. The molecule has 0 aliphatic carbocycles. The van der Waals surface area contributed by atoms with Gasteiger partial charge in [-0.3, -0.25) is 4.79 Å². The third-order valence-electron chi connectivity index (χ3n) is 5.43. The Morgan fingerprint density at radius 2 is 2.21 bits per heavy atom. The van der Waals surface area contributed by atoms with Crippen molar-refractivity contribution in [2.24, 2.45) is 0 Å². The number of thiophene rings is 1. The minimum absolute atomic E-state index is 0.281. The highest BCUT2D eigenvalue weighted by atomic mass is 32.1. The molecule has 4 heteroatoms. The van der Waals surface area contributed by atoms with Gasteiger partial charge in [-0.1, -0.05) is 17.7 Å². The van der Waals surface area contributed by atoms with Crippen LogP contribution in [-0.4, -0.2) is 37.0 Å². The predicted octanol–water partition coefficient (Wildman–Crippen LogP) is 3.82. The highest BCUT2D eigenvalue weighted by molar-refractivity contribution is 7.07. The SMILES string of the molecule is Cc1ccc2c(c1)[C@@H]1CN(C)CC[C@H]1N2C(=O)CCc1ccsc1. The molecule has 2 aromatic rings. The molecule has 0 radical (unpaired) electrons. The van der Waals surface area contributed by atoms with E-state index >= 15 is 0 Å². The topological polar surface area (TPSA) is 23.6 Å². The van der Waals surface area contributed by atoms with E-state index in [4.69, 9.17) is 0 Å². The van der Waals surface area contributed by atoms with Gasteiger partial charge in [-0.2, -0.15) is 11.3 Å². The van der Waals surface area contributed by atoms with Crippen molar-refractivity contribution >= 4 is 22.9 Å². The van der Waals surface area contributed by atoms with Gasteiger partial charge in [0.25, 0.3) is 0 Å². The summed E-state index contributed by atoms with van der Waals surface area (Å²) in [6.07, 6.45) is 2.51. The summed E-state index contributed by atoms with van der Waals surface area (Å²) in [6.45, 7) is 4.26. The van der Waals surface area contributed by atoms with Crippen LogP contribution < -0.4 is 4.90 Å². The van der Waals surface area contributed by atoms with Gasteiger partial charge in [-0.05, 0) is 67.4 Å². The smallest absolute Gasteiger partial charge is 0.227 e. The maximum absolute atomic E-state index is 13.0. The van der Waals surface area contributed by atoms with Gasteiger partial charge >= 0.3 is 0 Å². The number of amides is 1. The van der Waals surface area contributed by atoms with Crippen molar-refractivity contribution < 1.29 is 4.79 Å². The minimum Gasteiger partial charge on any atom is -0.308 e. The molecule has 0 unspecified atom stereocenters. The number of nitrogens with zero attached hydrogens (tertiary/aromatic N) is 2. The van der Waals surface area contributed by atoms with Crippen LogP contribution in [0.4, 0.5) is 5.69 Å². The fourth-order valence-corrected chi connectivity index (χ4v) is 4.92. The Balaban J connectivity index is 1.61. The average molecular weight is 340 g/mol. The normalized spacial score (nSPS) is 23.2. The van der Waals surface area contributed by atoms with Gasteiger partial charge in [0.1, 0.15) is 0 Å². The summed E-state index contributed by atoms with van der Waals surface area (Å²) in [5, 5.41) is 4.23. The van der Waals surface area contributed by atoms with E-state index < -0.39 is 0 Å². The molecule has 0 bridgehead atoms. The summed E-state index contributed by atoms with van der Waals surface area (Å²) in [5.41, 5.74) is 5.08. The fraction of sp³-hybridized carbons (Fsp3) is 0.450. The molecule has 0 saturated carbocycles. The highest BCUT2D eigenvalue weighted by Crippen LogP contribution is 2.45. The van der Waals surface area contributed by atoms with Crippen molar-refractivity contribution in [1.29, 1.82) is 0 Å². The summed E-state index contributed by atoms with van der Waals surface area (Å²) in [7, 11) is 2.19. The predicted molar refractivity (Wildman–Crippen MR) is 99.9 cm³/mol. The quantitative estimate of drug-likeness (QED) is 0.848. The second-order valence-corrected chi connectivity index (χ2v) is 7.96. The average Bonchev–Trinajstić information content (AvgIpc) is 3.18. The Morgan fingerprint density at radius 1 is 1.33 bits per heavy atom. The molecular weight excluding hydrogens is 316 g/mol. The molecule has 1 aromatic carbocycles. The molecule has 2 atom stereocenters. The summed E-state index contributed by atoms with van der Waals surface area (Å²) in [5.74, 6) is 0.743. The van der Waals surface area contributed by atoms with Crippen LogP contribution in [0.2, 0.25) is 0 Å². The number of anilines is 1. The Kier molecular flexibility index (Phi) is 4.19. The first-order chi connectivity index (χ1) is 11.6. The zero-order valence-electron chi connectivity index (χ0n) is 14.4. The Labute approximate surface area is 147 Å². The number of piperidine rings is 1. The molecule has 126 valence electrons. The van der Waals surface area contributed by atoms with Crippen LogP contribution in [0.3, 0.4) is 0 Å². The van der Waals surface area contributed by atoms with E-state index in [-0.39, 0.29) is 5.91 Å². The second kappa shape index (κ2) is 6.34. The van der Waals surface area contributed by atoms with Gasteiger partial charge in [-0.25, -0.2) is 0 Å². The maximum atomic E-state index is 13.0. The first kappa shape index (κ1) is 15.9. The largest absolute Gasteiger partial charge is 0.308 e. The van der Waals surface area contributed by atoms with Gasteiger partial charge in [0.15, 0.2) is 0 Å². The Hall–Kier alpha value is -1.65. The molecule has 24 heavy (non-hydrogen) atoms. The standard InChI is InChI=1S/C20H24N2OS/c1-14-3-5-18-16(11-14)17-12-21(2)9-7-19(17)22(18)20(23)6-4-15-8-10-24-13-15/h3,5,8,10-11,13,17,19H,4,6-7,9,12H2,1-2H3/t17-,19+/m0/s1. The monoisotopic (exact) mass is 340 g/mol. The van der Waals surface area contributed by atoms with Gasteiger partial charge < -0.3 is 9.80 Å². The van der Waals surface area contributed by atoms with E-state index in [1.54, 1.807) is 11.3 Å². The first-order valence-electron chi connectivity index (χ1n) is 8.75. The van der Waals surface area contributed by atoms with E-state index in [0.717, 1.165) is 31.6 Å². The van der Waals surface area contributed by atoms with Crippen LogP contribution in [0.5, 0.6) is 0 Å². The van der Waals surface area contributed by atoms with Crippen LogP contribution in [0, 0.1) is 6.92 Å². The van der Waals surface area contributed by atoms with Crippen molar-refractivity contribution in [3.05, 3.63) is 51.7 Å². The van der Waals surface area contributed by atoms with Crippen LogP contribution in [0.25, 0.3) is 0 Å². The fourth-order valence-electron chi connectivity index (χ4n) is 4.21. The van der Waals surface area contributed by atoms with E-state index in [2.05, 4.69) is 58.8 Å². The number of rotatable bonds is 3. The Bertz CT molecular complexity index is 740. The van der Waals surface area contributed by atoms with E-state index in [1.165, 1.54) is 16.7 Å². The summed E-state index contributed by atoms with van der Waals surface area (Å²) in [6, 6.07) is 9.05. The molecule has 0 spiro atoms. The molecule has 0 N–H and O–H groups in total. The molecule has 3 heterocycles. The lowest BCUT2D eigenvalue weighted by molar-refractivity contribution is -0.119. The molecule has 2 aliphatic rings. The molecule has 1 fully saturated rings. The molecule has 3 nitrogen and oxygen atoms in total. The third kappa shape index (κ3) is 2.78. The zero-order valence-corrected chi connectivity index (χ0v) is 15.2. The van der Waals surface area contributed by atoms with E-state index in [9.17, 15) is 4.79 Å². The Morgan fingerprint density at radius 3 is 3.00 bits per heavy atom. The van der Waals surface area contributed by atoms with Crippen molar-refractivity contribution in [1.82, 2.24) is 4.90 Å². The van der Waals surface area contributed by atoms with Crippen molar-refractivity contribution in [2.75, 3.05) is 25.0 Å². The maximum Gasteiger partial charge on any atom is 0.227 e. The minimum atomic E-state index is 0.281. The number of hydrogen-bond acceptors (Lipinski definition) is 3. The molecule has 4 rings (SSSR count). The number of carbonyl (C=O) groups is 1. The lowest BCUT2D eigenvalue weighted by Gasteiger charge is -2.36. The molecule has 1 saturated heterocycles. The lowest BCUT2D eigenvalue weighted by Crippen LogP contribution is -2.47. The van der Waals surface area contributed by atoms with Crippen LogP contribution in [-0.2, 0) is 11.2 Å². The number of hydrogen-bond donors (Lipinski definition) is 0. The summed E-state index contributed by atoms with van der Waals surface area (Å²) >= 11 is 1.70. The third-order valence-corrected chi connectivity index (χ3v) is 6.16. The second-order valence-electron chi connectivity index (χ2n) is 7.18. The number of aryl methyl sites for hydroxylation is 2. The van der Waals surface area contributed by atoms with Gasteiger partial charge in [0, 0.05) is 30.6 Å². The lowest BCUT2D eigenvalue weighted by atomic mass is 9.89. The van der Waals surface area contributed by atoms with E-state index in [1.807, 2.05) is 0 Å². The van der Waals surface area contributed by atoms with Crippen LogP contribution >= 0.6 is 11.3 Å². The number of carbonyl (C=O) groups excluding carboxylic acids is 1. The van der Waals surface area contributed by atoms with Crippen molar-refractivity contribution in [3.63, 3.8) is 0 Å². The van der Waals surface area contributed by atoms with Crippen molar-refractivity contribution in [3.8, 4) is 0 Å². The molecule has 1 aromatic heterocycles. The number of fused-ring (bicyclic) bond motifs is 3. The summed E-state index contributed by atoms with van der Waals surface area (Å²) in [4.78, 5) is 17.6. The van der Waals surface area contributed by atoms with Crippen LogP contribution in [0.15, 0.2) is 35.0 Å². The number of benzene rings is 1. The van der Waals surface area contributed by atoms with E-state index in [0.29, 0.717) is 18.4 Å². The highest BCUT2D eigenvalue weighted by Gasteiger charge is 2.43. The first-order valence-corrected chi connectivity index (χ1v) is 9.70. The summed E-state index contributed by atoms with van der Waals surface area (Å²) < 4.78 is 0. The van der Waals surface area contributed by atoms with Gasteiger partial charge in [0.05, 0.1) is 0 Å². The van der Waals surface area contributed by atoms with Crippen molar-refractivity contribution in [2.45, 2.75) is 38.1 Å². The molecular formula is C20H24N2OS. The van der Waals surface area contributed by atoms with Gasteiger partial charge in [0.2, 0.25) is 5.91 Å². The number of likely N-dealkylation sites (N-methyl/N-ethyl adjacent to an activating group) is 1. The van der Waals surface area contributed by atoms with Crippen LogP contribution in [0.1, 0.15) is 35.4 Å². The number of likely N-dealkylation sites (tertiary alicyclic amines) is 1. The molecule has 2 aliphatic heterocycles. The van der Waals surface area contributed by atoms with Gasteiger partial charge in [-0.15, -0.1) is 0 Å². The zero-order chi connectivity index (χ0) is 16.7.